The second-order valence-electron chi connectivity index (χ2n) is 5.77. The lowest BCUT2D eigenvalue weighted by molar-refractivity contribution is 0.312. The zero-order chi connectivity index (χ0) is 15.8. The van der Waals surface area contributed by atoms with Gasteiger partial charge < -0.3 is 9.80 Å². The predicted molar refractivity (Wildman–Crippen MR) is 85.9 cm³/mol. The van der Waals surface area contributed by atoms with Crippen LogP contribution in [-0.4, -0.2) is 57.7 Å². The van der Waals surface area contributed by atoms with E-state index in [1.807, 2.05) is 16.7 Å². The molecule has 1 aliphatic heterocycles. The van der Waals surface area contributed by atoms with Crippen molar-refractivity contribution in [3.05, 3.63) is 42.5 Å². The van der Waals surface area contributed by atoms with Gasteiger partial charge in [-0.2, -0.15) is 0 Å². The van der Waals surface area contributed by atoms with Crippen LogP contribution in [0.1, 0.15) is 0 Å². The van der Waals surface area contributed by atoms with Crippen molar-refractivity contribution in [2.24, 2.45) is 0 Å². The van der Waals surface area contributed by atoms with Gasteiger partial charge in [-0.05, 0) is 19.2 Å². The van der Waals surface area contributed by atoms with Crippen molar-refractivity contribution in [1.82, 2.24) is 24.5 Å². The highest BCUT2D eigenvalue weighted by Crippen LogP contribution is 2.24. The minimum Gasteiger partial charge on any atom is -0.351 e. The molecular formula is C16H17FN6. The molecular weight excluding hydrogens is 295 g/mol. The zero-order valence-electron chi connectivity index (χ0n) is 12.9. The van der Waals surface area contributed by atoms with Crippen molar-refractivity contribution in [3.8, 4) is 11.4 Å². The van der Waals surface area contributed by atoms with Crippen molar-refractivity contribution >= 4 is 11.5 Å². The molecule has 0 N–H and O–H groups in total. The van der Waals surface area contributed by atoms with Gasteiger partial charge in [0.25, 0.3) is 0 Å². The summed E-state index contributed by atoms with van der Waals surface area (Å²) in [5.74, 6) is 1.17. The van der Waals surface area contributed by atoms with E-state index in [1.54, 1.807) is 12.3 Å². The molecule has 6 nitrogen and oxygen atoms in total. The molecule has 0 unspecified atom stereocenters. The molecule has 1 saturated heterocycles. The Kier molecular flexibility index (Phi) is 3.42. The second-order valence-corrected chi connectivity index (χ2v) is 5.77. The maximum atomic E-state index is 13.5. The van der Waals surface area contributed by atoms with Crippen LogP contribution in [0.2, 0.25) is 0 Å². The summed E-state index contributed by atoms with van der Waals surface area (Å²) in [6.07, 6.45) is 3.56. The quantitative estimate of drug-likeness (QED) is 0.720. The molecule has 2 aromatic heterocycles. The van der Waals surface area contributed by atoms with Crippen molar-refractivity contribution < 1.29 is 4.39 Å². The summed E-state index contributed by atoms with van der Waals surface area (Å²) >= 11 is 0. The lowest BCUT2D eigenvalue weighted by atomic mass is 10.2. The SMILES string of the molecule is CN1CCN(c2nccn3c(-c4cccc(F)c4)nnc23)CC1. The van der Waals surface area contributed by atoms with E-state index in [2.05, 4.69) is 32.0 Å². The number of likely N-dealkylation sites (N-methyl/N-ethyl adjacent to an activating group) is 1. The molecule has 0 saturated carbocycles. The number of aromatic nitrogens is 4. The van der Waals surface area contributed by atoms with Gasteiger partial charge in [0.2, 0.25) is 5.65 Å². The summed E-state index contributed by atoms with van der Waals surface area (Å²) in [6, 6.07) is 6.39. The molecule has 4 rings (SSSR count). The maximum absolute atomic E-state index is 13.5. The fourth-order valence-corrected chi connectivity index (χ4v) is 2.88. The summed E-state index contributed by atoms with van der Waals surface area (Å²) in [7, 11) is 2.12. The first kappa shape index (κ1) is 14.1. The van der Waals surface area contributed by atoms with Gasteiger partial charge in [0.15, 0.2) is 11.6 Å². The molecule has 7 heteroatoms. The fourth-order valence-electron chi connectivity index (χ4n) is 2.88. The monoisotopic (exact) mass is 312 g/mol. The van der Waals surface area contributed by atoms with Crippen LogP contribution in [0.5, 0.6) is 0 Å². The molecule has 118 valence electrons. The Hall–Kier alpha value is -2.54. The maximum Gasteiger partial charge on any atom is 0.204 e. The molecule has 0 amide bonds. The van der Waals surface area contributed by atoms with E-state index in [9.17, 15) is 4.39 Å². The number of fused-ring (bicyclic) bond motifs is 1. The Morgan fingerprint density at radius 2 is 1.91 bits per heavy atom. The summed E-state index contributed by atoms with van der Waals surface area (Å²) in [4.78, 5) is 9.00. The van der Waals surface area contributed by atoms with Gasteiger partial charge in [-0.1, -0.05) is 12.1 Å². The third-order valence-corrected chi connectivity index (χ3v) is 4.19. The summed E-state index contributed by atoms with van der Waals surface area (Å²) in [5.41, 5.74) is 1.41. The van der Waals surface area contributed by atoms with E-state index in [4.69, 9.17) is 0 Å². The molecule has 3 aromatic rings. The van der Waals surface area contributed by atoms with Gasteiger partial charge in [-0.3, -0.25) is 4.40 Å². The Morgan fingerprint density at radius 3 is 2.70 bits per heavy atom. The Labute approximate surface area is 133 Å². The van der Waals surface area contributed by atoms with Crippen molar-refractivity contribution in [1.29, 1.82) is 0 Å². The average Bonchev–Trinajstić information content (AvgIpc) is 3.00. The number of hydrogen-bond donors (Lipinski definition) is 0. The van der Waals surface area contributed by atoms with E-state index in [1.165, 1.54) is 12.1 Å². The predicted octanol–water partition coefficient (Wildman–Crippen LogP) is 1.68. The number of hydrogen-bond acceptors (Lipinski definition) is 5. The largest absolute Gasteiger partial charge is 0.351 e. The summed E-state index contributed by atoms with van der Waals surface area (Å²) in [5, 5.41) is 8.54. The first-order chi connectivity index (χ1) is 11.2. The van der Waals surface area contributed by atoms with E-state index in [0.717, 1.165) is 32.0 Å². The van der Waals surface area contributed by atoms with E-state index in [0.29, 0.717) is 17.0 Å². The third-order valence-electron chi connectivity index (χ3n) is 4.19. The molecule has 0 bridgehead atoms. The Morgan fingerprint density at radius 1 is 1.09 bits per heavy atom. The molecule has 0 aliphatic carbocycles. The van der Waals surface area contributed by atoms with Crippen LogP contribution in [0.4, 0.5) is 10.2 Å². The lowest BCUT2D eigenvalue weighted by Gasteiger charge is -2.33. The second kappa shape index (κ2) is 5.58. The van der Waals surface area contributed by atoms with Gasteiger partial charge in [0.1, 0.15) is 5.82 Å². The highest BCUT2D eigenvalue weighted by Gasteiger charge is 2.20. The minimum atomic E-state index is -0.285. The van der Waals surface area contributed by atoms with Crippen LogP contribution in [0.15, 0.2) is 36.7 Å². The molecule has 0 radical (unpaired) electrons. The van der Waals surface area contributed by atoms with Gasteiger partial charge in [-0.15, -0.1) is 10.2 Å². The Bertz CT molecular complexity index is 837. The highest BCUT2D eigenvalue weighted by atomic mass is 19.1. The molecule has 1 aliphatic rings. The number of benzene rings is 1. The minimum absolute atomic E-state index is 0.285. The molecule has 23 heavy (non-hydrogen) atoms. The molecule has 0 spiro atoms. The van der Waals surface area contributed by atoms with Gasteiger partial charge in [-0.25, -0.2) is 9.37 Å². The van der Waals surface area contributed by atoms with Gasteiger partial charge in [0.05, 0.1) is 0 Å². The summed E-state index contributed by atoms with van der Waals surface area (Å²) in [6.45, 7) is 3.80. The number of halogens is 1. The highest BCUT2D eigenvalue weighted by molar-refractivity contribution is 5.68. The van der Waals surface area contributed by atoms with Crippen molar-refractivity contribution in [2.75, 3.05) is 38.1 Å². The third kappa shape index (κ3) is 2.53. The standard InChI is InChI=1S/C16H17FN6/c1-21-7-9-22(10-8-21)15-16-20-19-14(23(16)6-5-18-15)12-3-2-4-13(17)11-12/h2-6,11H,7-10H2,1H3. The van der Waals surface area contributed by atoms with E-state index in [-0.39, 0.29) is 5.82 Å². The first-order valence-electron chi connectivity index (χ1n) is 7.61. The molecule has 1 fully saturated rings. The van der Waals surface area contributed by atoms with Crippen molar-refractivity contribution in [3.63, 3.8) is 0 Å². The number of nitrogens with zero attached hydrogens (tertiary/aromatic N) is 6. The normalized spacial score (nSPS) is 16.2. The zero-order valence-corrected chi connectivity index (χ0v) is 12.9. The van der Waals surface area contributed by atoms with Crippen LogP contribution >= 0.6 is 0 Å². The number of rotatable bonds is 2. The van der Waals surface area contributed by atoms with E-state index >= 15 is 0 Å². The van der Waals surface area contributed by atoms with Crippen LogP contribution < -0.4 is 4.90 Å². The van der Waals surface area contributed by atoms with Crippen LogP contribution in [-0.2, 0) is 0 Å². The number of anilines is 1. The van der Waals surface area contributed by atoms with Crippen LogP contribution in [0.25, 0.3) is 17.0 Å². The topological polar surface area (TPSA) is 49.6 Å². The molecule has 3 heterocycles. The van der Waals surface area contributed by atoms with Crippen LogP contribution in [0.3, 0.4) is 0 Å². The first-order valence-corrected chi connectivity index (χ1v) is 7.61. The average molecular weight is 312 g/mol. The van der Waals surface area contributed by atoms with Gasteiger partial charge >= 0.3 is 0 Å². The van der Waals surface area contributed by atoms with Gasteiger partial charge in [0, 0.05) is 44.1 Å². The Balaban J connectivity index is 1.78. The molecule has 0 atom stereocenters. The summed E-state index contributed by atoms with van der Waals surface area (Å²) < 4.78 is 15.4. The van der Waals surface area contributed by atoms with E-state index < -0.39 is 0 Å². The fraction of sp³-hybridized carbons (Fsp3) is 0.312. The molecule has 1 aromatic carbocycles. The smallest absolute Gasteiger partial charge is 0.204 e. The van der Waals surface area contributed by atoms with Crippen LogP contribution in [0, 0.1) is 5.82 Å². The van der Waals surface area contributed by atoms with Crippen molar-refractivity contribution in [2.45, 2.75) is 0 Å². The lowest BCUT2D eigenvalue weighted by Crippen LogP contribution is -2.45. The number of piperazine rings is 1.